The summed E-state index contributed by atoms with van der Waals surface area (Å²) in [5.41, 5.74) is 1.86. The molecule has 122 valence electrons. The van der Waals surface area contributed by atoms with E-state index in [1.807, 2.05) is 0 Å². The second-order valence-electron chi connectivity index (χ2n) is 7.32. The second kappa shape index (κ2) is 7.58. The van der Waals surface area contributed by atoms with E-state index in [-0.39, 0.29) is 0 Å². The number of nitrogens with one attached hydrogen (secondary N) is 1. The van der Waals surface area contributed by atoms with E-state index >= 15 is 0 Å². The van der Waals surface area contributed by atoms with Gasteiger partial charge in [0.2, 0.25) is 0 Å². The number of hydrogen-bond acceptors (Lipinski definition) is 3. The molecule has 1 unspecified atom stereocenters. The molecule has 0 radical (unpaired) electrons. The second-order valence-corrected chi connectivity index (χ2v) is 7.32. The Morgan fingerprint density at radius 2 is 2.00 bits per heavy atom. The lowest BCUT2D eigenvalue weighted by Crippen LogP contribution is -2.43. The van der Waals surface area contributed by atoms with Crippen molar-refractivity contribution in [2.75, 3.05) is 39.3 Å². The van der Waals surface area contributed by atoms with Gasteiger partial charge in [-0.25, -0.2) is 0 Å². The number of likely N-dealkylation sites (tertiary alicyclic amines) is 1. The third-order valence-corrected chi connectivity index (χ3v) is 5.18. The number of benzene rings is 1. The molecule has 0 spiro atoms. The molecule has 2 saturated heterocycles. The molecule has 1 N–H and O–H groups in total. The van der Waals surface area contributed by atoms with E-state index in [9.17, 15) is 0 Å². The number of rotatable bonds is 6. The maximum atomic E-state index is 6.09. The molecular weight excluding hydrogens is 272 g/mol. The summed E-state index contributed by atoms with van der Waals surface area (Å²) < 4.78 is 6.09. The van der Waals surface area contributed by atoms with E-state index in [0.717, 1.165) is 13.0 Å². The molecule has 0 aromatic heterocycles. The van der Waals surface area contributed by atoms with Gasteiger partial charge in [0.25, 0.3) is 0 Å². The molecule has 3 nitrogen and oxygen atoms in total. The van der Waals surface area contributed by atoms with Gasteiger partial charge >= 0.3 is 0 Å². The van der Waals surface area contributed by atoms with Gasteiger partial charge in [-0.1, -0.05) is 37.3 Å². The largest absolute Gasteiger partial charge is 0.378 e. The van der Waals surface area contributed by atoms with Gasteiger partial charge < -0.3 is 15.0 Å². The smallest absolute Gasteiger partial charge is 0.0599 e. The first-order valence-electron chi connectivity index (χ1n) is 8.82. The Morgan fingerprint density at radius 3 is 2.68 bits per heavy atom. The van der Waals surface area contributed by atoms with Crippen molar-refractivity contribution in [3.05, 3.63) is 35.9 Å². The predicted molar refractivity (Wildman–Crippen MR) is 91.2 cm³/mol. The summed E-state index contributed by atoms with van der Waals surface area (Å²) in [6.07, 6.45) is 5.21. The molecule has 0 saturated carbocycles. The van der Waals surface area contributed by atoms with Gasteiger partial charge in [-0.15, -0.1) is 0 Å². The van der Waals surface area contributed by atoms with Crippen molar-refractivity contribution in [3.8, 4) is 0 Å². The topological polar surface area (TPSA) is 24.5 Å². The summed E-state index contributed by atoms with van der Waals surface area (Å²) in [6.45, 7) is 9.30. The molecule has 2 aliphatic rings. The summed E-state index contributed by atoms with van der Waals surface area (Å²) in [6, 6.07) is 10.6. The van der Waals surface area contributed by atoms with Crippen LogP contribution < -0.4 is 5.32 Å². The highest BCUT2D eigenvalue weighted by Gasteiger charge is 2.32. The van der Waals surface area contributed by atoms with Crippen LogP contribution in [0.3, 0.4) is 0 Å². The number of ether oxygens (including phenoxy) is 1. The maximum absolute atomic E-state index is 6.09. The monoisotopic (exact) mass is 302 g/mol. The van der Waals surface area contributed by atoms with Gasteiger partial charge in [0.1, 0.15) is 0 Å². The van der Waals surface area contributed by atoms with Gasteiger partial charge in [0.15, 0.2) is 0 Å². The molecule has 0 amide bonds. The van der Waals surface area contributed by atoms with E-state index < -0.39 is 0 Å². The lowest BCUT2D eigenvalue weighted by atomic mass is 9.88. The summed E-state index contributed by atoms with van der Waals surface area (Å²) >= 11 is 0. The Balaban J connectivity index is 1.33. The number of nitrogens with zero attached hydrogens (tertiary/aromatic N) is 1. The third-order valence-electron chi connectivity index (χ3n) is 5.18. The summed E-state index contributed by atoms with van der Waals surface area (Å²) in [7, 11) is 0. The van der Waals surface area contributed by atoms with Gasteiger partial charge in [-0.3, -0.25) is 0 Å². The van der Waals surface area contributed by atoms with Crippen LogP contribution in [0.4, 0.5) is 0 Å². The van der Waals surface area contributed by atoms with Crippen molar-refractivity contribution in [1.82, 2.24) is 10.2 Å². The number of hydrogen-bond donors (Lipinski definition) is 1. The summed E-state index contributed by atoms with van der Waals surface area (Å²) in [5, 5.41) is 3.50. The van der Waals surface area contributed by atoms with E-state index in [4.69, 9.17) is 4.74 Å². The summed E-state index contributed by atoms with van der Waals surface area (Å²) in [5.74, 6) is 0. The number of piperidine rings is 1. The van der Waals surface area contributed by atoms with Crippen LogP contribution in [0.5, 0.6) is 0 Å². The van der Waals surface area contributed by atoms with Crippen LogP contribution in [0.2, 0.25) is 0 Å². The molecule has 1 aromatic rings. The quantitative estimate of drug-likeness (QED) is 0.874. The highest BCUT2D eigenvalue weighted by molar-refractivity contribution is 5.14. The minimum atomic E-state index is 0.467. The average molecular weight is 302 g/mol. The van der Waals surface area contributed by atoms with Crippen molar-refractivity contribution >= 4 is 0 Å². The zero-order chi connectivity index (χ0) is 15.3. The molecule has 2 aliphatic heterocycles. The minimum Gasteiger partial charge on any atom is -0.378 e. The van der Waals surface area contributed by atoms with Crippen LogP contribution in [-0.4, -0.2) is 50.3 Å². The van der Waals surface area contributed by atoms with Gasteiger partial charge in [0, 0.05) is 26.2 Å². The van der Waals surface area contributed by atoms with Crippen molar-refractivity contribution in [3.63, 3.8) is 0 Å². The molecule has 22 heavy (non-hydrogen) atoms. The SMILES string of the molecule is CC1(CN2CCC(OCCc3ccccc3)CC2)CCNC1. The molecule has 0 bridgehead atoms. The lowest BCUT2D eigenvalue weighted by Gasteiger charge is -2.37. The third kappa shape index (κ3) is 4.55. The van der Waals surface area contributed by atoms with Gasteiger partial charge in [-0.2, -0.15) is 0 Å². The highest BCUT2D eigenvalue weighted by atomic mass is 16.5. The highest BCUT2D eigenvalue weighted by Crippen LogP contribution is 2.27. The first kappa shape index (κ1) is 16.0. The summed E-state index contributed by atoms with van der Waals surface area (Å²) in [4.78, 5) is 2.64. The van der Waals surface area contributed by atoms with Crippen LogP contribution >= 0.6 is 0 Å². The minimum absolute atomic E-state index is 0.467. The zero-order valence-electron chi connectivity index (χ0n) is 13.9. The molecule has 1 atom stereocenters. The van der Waals surface area contributed by atoms with Crippen LogP contribution in [0, 0.1) is 5.41 Å². The van der Waals surface area contributed by atoms with E-state index in [2.05, 4.69) is 47.5 Å². The van der Waals surface area contributed by atoms with E-state index in [1.54, 1.807) is 0 Å². The van der Waals surface area contributed by atoms with Crippen molar-refractivity contribution in [2.24, 2.45) is 5.41 Å². The molecule has 2 heterocycles. The molecule has 3 heteroatoms. The zero-order valence-corrected chi connectivity index (χ0v) is 13.9. The predicted octanol–water partition coefficient (Wildman–Crippen LogP) is 2.71. The molecule has 3 rings (SSSR count). The fourth-order valence-electron chi connectivity index (χ4n) is 3.77. The van der Waals surface area contributed by atoms with Crippen LogP contribution in [-0.2, 0) is 11.2 Å². The van der Waals surface area contributed by atoms with Gasteiger partial charge in [0.05, 0.1) is 12.7 Å². The normalized spacial score (nSPS) is 27.3. The molecule has 0 aliphatic carbocycles. The first-order valence-corrected chi connectivity index (χ1v) is 8.82. The fraction of sp³-hybridized carbons (Fsp3) is 0.684. The van der Waals surface area contributed by atoms with E-state index in [0.29, 0.717) is 11.5 Å². The lowest BCUT2D eigenvalue weighted by molar-refractivity contribution is 0.00197. The van der Waals surface area contributed by atoms with E-state index in [1.165, 1.54) is 57.5 Å². The Morgan fingerprint density at radius 1 is 1.23 bits per heavy atom. The first-order chi connectivity index (χ1) is 10.7. The standard InChI is InChI=1S/C19H30N2O/c1-19(10-11-20-15-19)16-21-12-7-18(8-13-21)22-14-9-17-5-3-2-4-6-17/h2-6,18,20H,7-16H2,1H3. The maximum Gasteiger partial charge on any atom is 0.0599 e. The van der Waals surface area contributed by atoms with Crippen molar-refractivity contribution in [1.29, 1.82) is 0 Å². The van der Waals surface area contributed by atoms with Crippen LogP contribution in [0.25, 0.3) is 0 Å². The van der Waals surface area contributed by atoms with Crippen LogP contribution in [0.15, 0.2) is 30.3 Å². The molecule has 2 fully saturated rings. The Hall–Kier alpha value is -0.900. The Bertz CT molecular complexity index is 434. The molecular formula is C19H30N2O. The Labute approximate surface area is 135 Å². The fourth-order valence-corrected chi connectivity index (χ4v) is 3.77. The van der Waals surface area contributed by atoms with Crippen molar-refractivity contribution in [2.45, 2.75) is 38.7 Å². The molecule has 1 aromatic carbocycles. The van der Waals surface area contributed by atoms with Crippen LogP contribution in [0.1, 0.15) is 31.7 Å². The van der Waals surface area contributed by atoms with Gasteiger partial charge in [-0.05, 0) is 43.2 Å². The van der Waals surface area contributed by atoms with Crippen molar-refractivity contribution < 1.29 is 4.74 Å². The average Bonchev–Trinajstić information content (AvgIpc) is 2.96. The Kier molecular flexibility index (Phi) is 5.51.